The molecule has 4 amide bonds. The molecule has 11 heteroatoms. The molecular formula is C33H25Cl2FN2O6. The molecule has 2 saturated heterocycles. The molecule has 2 aliphatic carbocycles. The van der Waals surface area contributed by atoms with Crippen LogP contribution in [0.3, 0.4) is 0 Å². The average Bonchev–Trinajstić information content (AvgIpc) is 3.64. The number of allylic oxidation sites excluding steroid dienone is 2. The Morgan fingerprint density at radius 1 is 0.909 bits per heavy atom. The van der Waals surface area contributed by atoms with Gasteiger partial charge in [-0.1, -0.05) is 36.4 Å². The minimum absolute atomic E-state index is 0.0844. The van der Waals surface area contributed by atoms with Gasteiger partial charge in [0.25, 0.3) is 11.8 Å². The van der Waals surface area contributed by atoms with E-state index in [1.807, 2.05) is 0 Å². The number of nitrogens with zero attached hydrogens (tertiary/aromatic N) is 2. The smallest absolute Gasteiger partial charge is 0.258 e. The first-order valence-electron chi connectivity index (χ1n) is 14.1. The van der Waals surface area contributed by atoms with Crippen LogP contribution in [0.5, 0.6) is 0 Å². The number of carbonyl (C=O) groups is 4. The van der Waals surface area contributed by atoms with Gasteiger partial charge in [-0.05, 0) is 72.9 Å². The number of aliphatic hydroxyl groups is 1. The van der Waals surface area contributed by atoms with Gasteiger partial charge in [-0.25, -0.2) is 9.29 Å². The van der Waals surface area contributed by atoms with Gasteiger partial charge in [0.1, 0.15) is 23.9 Å². The summed E-state index contributed by atoms with van der Waals surface area (Å²) in [6.07, 6.45) is 3.43. The number of amides is 4. The fourth-order valence-electron chi connectivity index (χ4n) is 7.36. The molecule has 44 heavy (non-hydrogen) atoms. The van der Waals surface area contributed by atoms with E-state index in [-0.39, 0.29) is 36.0 Å². The Balaban J connectivity index is 1.37. The number of imide groups is 2. The molecule has 8 nitrogen and oxygen atoms in total. The molecule has 1 saturated carbocycles. The lowest BCUT2D eigenvalue weighted by Crippen LogP contribution is -2.60. The summed E-state index contributed by atoms with van der Waals surface area (Å²) >= 11 is 14.6. The van der Waals surface area contributed by atoms with E-state index in [4.69, 9.17) is 27.6 Å². The molecule has 7 rings (SSSR count). The molecule has 4 aliphatic rings. The number of alkyl halides is 2. The van der Waals surface area contributed by atoms with Crippen molar-refractivity contribution >= 4 is 64.3 Å². The molecule has 2 aromatic carbocycles. The maximum atomic E-state index is 14.3. The van der Waals surface area contributed by atoms with Crippen LogP contribution < -0.4 is 9.80 Å². The molecule has 0 radical (unpaired) electrons. The lowest BCUT2D eigenvalue weighted by Gasteiger charge is -2.49. The van der Waals surface area contributed by atoms with Crippen molar-refractivity contribution in [2.45, 2.75) is 35.1 Å². The first-order chi connectivity index (χ1) is 21.0. The van der Waals surface area contributed by atoms with Crippen molar-refractivity contribution in [1.29, 1.82) is 0 Å². The number of rotatable bonds is 5. The topological polar surface area (TPSA) is 108 Å². The van der Waals surface area contributed by atoms with Crippen LogP contribution in [0.15, 0.2) is 83.3 Å². The fraction of sp³-hybridized carbons (Fsp3) is 0.273. The van der Waals surface area contributed by atoms with Gasteiger partial charge in [0, 0.05) is 0 Å². The van der Waals surface area contributed by atoms with E-state index in [1.54, 1.807) is 42.5 Å². The first kappa shape index (κ1) is 28.7. The second-order valence-corrected chi connectivity index (χ2v) is 12.8. The Labute approximate surface area is 261 Å². The zero-order valence-corrected chi connectivity index (χ0v) is 24.6. The molecule has 0 unspecified atom stereocenters. The van der Waals surface area contributed by atoms with Crippen LogP contribution >= 0.6 is 23.2 Å². The van der Waals surface area contributed by atoms with Crippen molar-refractivity contribution < 1.29 is 33.1 Å². The highest BCUT2D eigenvalue weighted by Crippen LogP contribution is 2.66. The van der Waals surface area contributed by atoms with Crippen LogP contribution in [0.25, 0.3) is 6.08 Å². The third kappa shape index (κ3) is 3.72. The lowest BCUT2D eigenvalue weighted by atomic mass is 9.57. The minimum atomic E-state index is -2.11. The monoisotopic (exact) mass is 634 g/mol. The molecule has 2 aliphatic heterocycles. The van der Waals surface area contributed by atoms with Gasteiger partial charge in [-0.2, -0.15) is 0 Å². The van der Waals surface area contributed by atoms with E-state index in [2.05, 4.69) is 6.58 Å². The predicted octanol–water partition coefficient (Wildman–Crippen LogP) is 5.32. The second kappa shape index (κ2) is 9.99. The van der Waals surface area contributed by atoms with Gasteiger partial charge in [0.05, 0.1) is 29.1 Å². The summed E-state index contributed by atoms with van der Waals surface area (Å²) in [5, 5.41) is 9.73. The highest BCUT2D eigenvalue weighted by atomic mass is 35.5. The zero-order chi connectivity index (χ0) is 31.1. The number of anilines is 2. The van der Waals surface area contributed by atoms with Crippen LogP contribution in [-0.4, -0.2) is 38.5 Å². The highest BCUT2D eigenvalue weighted by molar-refractivity contribution is 6.58. The largest absolute Gasteiger partial charge is 0.463 e. The van der Waals surface area contributed by atoms with E-state index in [0.717, 1.165) is 22.6 Å². The van der Waals surface area contributed by atoms with Crippen molar-refractivity contribution in [3.63, 3.8) is 0 Å². The molecule has 224 valence electrons. The van der Waals surface area contributed by atoms with Crippen molar-refractivity contribution in [2.24, 2.45) is 17.8 Å². The van der Waals surface area contributed by atoms with E-state index in [9.17, 15) is 28.7 Å². The summed E-state index contributed by atoms with van der Waals surface area (Å²) < 4.78 is 19.7. The molecule has 0 spiro atoms. The Hall–Kier alpha value is -4.05. The Morgan fingerprint density at radius 2 is 1.57 bits per heavy atom. The Bertz CT molecular complexity index is 1790. The third-order valence-electron chi connectivity index (χ3n) is 9.41. The van der Waals surface area contributed by atoms with Gasteiger partial charge in [-0.3, -0.25) is 24.1 Å². The summed E-state index contributed by atoms with van der Waals surface area (Å²) in [5.74, 6) is -6.10. The first-order valence-corrected chi connectivity index (χ1v) is 14.8. The normalized spacial score (nSPS) is 31.1. The quantitative estimate of drug-likeness (QED) is 0.231. The van der Waals surface area contributed by atoms with Crippen LogP contribution in [0, 0.1) is 23.6 Å². The van der Waals surface area contributed by atoms with Crippen LogP contribution in [0.2, 0.25) is 0 Å². The summed E-state index contributed by atoms with van der Waals surface area (Å²) in [6, 6.07) is 14.7. The van der Waals surface area contributed by atoms with Gasteiger partial charge >= 0.3 is 0 Å². The van der Waals surface area contributed by atoms with Crippen LogP contribution in [0.1, 0.15) is 35.8 Å². The third-order valence-corrected chi connectivity index (χ3v) is 10.8. The SMILES string of the molecule is C=Cc1ccc(N2C(=O)[C@H]3[C@H](CC=C4[C@H]3C[C@@]3(Cl)C(=O)N(c5ccc(F)cc5)C(=O)[C@@]3(Cl)[C@H]4c3ccc(CO)o3)C2=O)cc1. The maximum Gasteiger partial charge on any atom is 0.258 e. The number of benzene rings is 2. The van der Waals surface area contributed by atoms with E-state index < -0.39 is 63.6 Å². The second-order valence-electron chi connectivity index (χ2n) is 11.5. The molecule has 1 aromatic heterocycles. The van der Waals surface area contributed by atoms with E-state index in [1.165, 1.54) is 23.1 Å². The number of hydrogen-bond donors (Lipinski definition) is 1. The van der Waals surface area contributed by atoms with Crippen molar-refractivity contribution in [2.75, 3.05) is 9.80 Å². The van der Waals surface area contributed by atoms with Crippen molar-refractivity contribution in [3.8, 4) is 0 Å². The van der Waals surface area contributed by atoms with Gasteiger partial charge < -0.3 is 9.52 Å². The molecule has 3 heterocycles. The number of halogens is 3. The molecule has 0 bridgehead atoms. The van der Waals surface area contributed by atoms with E-state index in [0.29, 0.717) is 11.3 Å². The average molecular weight is 635 g/mol. The maximum absolute atomic E-state index is 14.3. The van der Waals surface area contributed by atoms with Crippen LogP contribution in [0.4, 0.5) is 15.8 Å². The van der Waals surface area contributed by atoms with Crippen molar-refractivity contribution in [3.05, 3.63) is 102 Å². The molecule has 6 atom stereocenters. The predicted molar refractivity (Wildman–Crippen MR) is 160 cm³/mol. The summed E-state index contributed by atoms with van der Waals surface area (Å²) in [5.41, 5.74) is 1.88. The summed E-state index contributed by atoms with van der Waals surface area (Å²) in [7, 11) is 0. The summed E-state index contributed by atoms with van der Waals surface area (Å²) in [4.78, 5) is 54.2. The Morgan fingerprint density at radius 3 is 2.20 bits per heavy atom. The minimum Gasteiger partial charge on any atom is -0.463 e. The zero-order valence-electron chi connectivity index (χ0n) is 23.1. The highest BCUT2D eigenvalue weighted by Gasteiger charge is 2.77. The molecule has 1 N–H and O–H groups in total. The van der Waals surface area contributed by atoms with Crippen molar-refractivity contribution in [1.82, 2.24) is 0 Å². The van der Waals surface area contributed by atoms with Gasteiger partial charge in [0.15, 0.2) is 9.75 Å². The number of aliphatic hydroxyl groups excluding tert-OH is 1. The molecule has 3 aromatic rings. The number of hydrogen-bond acceptors (Lipinski definition) is 6. The Kier molecular flexibility index (Phi) is 6.51. The number of carbonyl (C=O) groups excluding carboxylic acids is 4. The molecular weight excluding hydrogens is 610 g/mol. The number of fused-ring (bicyclic) bond motifs is 4. The fourth-order valence-corrected chi connectivity index (χ4v) is 8.28. The van der Waals surface area contributed by atoms with Crippen LogP contribution in [-0.2, 0) is 25.8 Å². The lowest BCUT2D eigenvalue weighted by molar-refractivity contribution is -0.125. The van der Waals surface area contributed by atoms with E-state index >= 15 is 0 Å². The van der Waals surface area contributed by atoms with Gasteiger partial charge in [0.2, 0.25) is 11.8 Å². The summed E-state index contributed by atoms with van der Waals surface area (Å²) in [6.45, 7) is 3.31. The standard InChI is InChI=1S/C33H25Cl2FN2O6/c1-2-17-3-7-19(8-4-17)37-28(40)23-13-12-22-24(26(23)29(37)41)15-32(34)30(42)38(20-9-5-18(36)6-10-20)31(43)33(32,35)27(22)25-14-11-21(16-39)44-25/h2-12,14,23-24,26-27,39H,1,13,15-16H2/t23-,24+,26-,27+,32+,33-/m0/s1. The van der Waals surface area contributed by atoms with Gasteiger partial charge in [-0.15, -0.1) is 23.2 Å². The number of furan rings is 1. The molecule has 3 fully saturated rings.